The smallest absolute Gasteiger partial charge is 0.264 e. The van der Waals surface area contributed by atoms with Crippen molar-refractivity contribution in [1.29, 1.82) is 0 Å². The lowest BCUT2D eigenvalue weighted by atomic mass is 9.98. The van der Waals surface area contributed by atoms with Crippen LogP contribution in [-0.4, -0.2) is 26.9 Å². The molecule has 1 atom stereocenters. The highest BCUT2D eigenvalue weighted by molar-refractivity contribution is 7.89. The molecule has 0 fully saturated rings. The molecule has 1 aliphatic rings. The molecule has 1 aliphatic heterocycles. The Hall–Kier alpha value is -2.47. The van der Waals surface area contributed by atoms with Crippen molar-refractivity contribution in [2.24, 2.45) is 0 Å². The van der Waals surface area contributed by atoms with Crippen molar-refractivity contribution in [1.82, 2.24) is 4.31 Å². The third-order valence-corrected chi connectivity index (χ3v) is 6.28. The molecule has 0 bridgehead atoms. The second-order valence-corrected chi connectivity index (χ2v) is 7.82. The van der Waals surface area contributed by atoms with Gasteiger partial charge in [-0.3, -0.25) is 4.31 Å². The van der Waals surface area contributed by atoms with Crippen LogP contribution < -0.4 is 9.47 Å². The molecule has 0 unspecified atom stereocenters. The summed E-state index contributed by atoms with van der Waals surface area (Å²) in [5.74, 6) is 1.20. The van der Waals surface area contributed by atoms with Gasteiger partial charge < -0.3 is 9.47 Å². The number of methoxy groups -OCH3 is 2. The predicted octanol–water partition coefficient (Wildman–Crippen LogP) is 3.75. The molecule has 0 aliphatic carbocycles. The molecule has 0 aromatic heterocycles. The van der Waals surface area contributed by atoms with Gasteiger partial charge in [0.2, 0.25) is 0 Å². The van der Waals surface area contributed by atoms with Gasteiger partial charge in [0.25, 0.3) is 10.0 Å². The van der Waals surface area contributed by atoms with Crippen LogP contribution in [0.25, 0.3) is 6.08 Å². The summed E-state index contributed by atoms with van der Waals surface area (Å²) in [6, 6.07) is 10.2. The Morgan fingerprint density at radius 3 is 2.20 bits per heavy atom. The fourth-order valence-corrected chi connectivity index (χ4v) is 4.43. The zero-order chi connectivity index (χ0) is 18.2. The van der Waals surface area contributed by atoms with E-state index < -0.39 is 10.0 Å². The van der Waals surface area contributed by atoms with Crippen LogP contribution in [0.1, 0.15) is 29.7 Å². The molecule has 1 heterocycles. The van der Waals surface area contributed by atoms with E-state index in [1.54, 1.807) is 50.8 Å². The van der Waals surface area contributed by atoms with Crippen LogP contribution in [0.2, 0.25) is 0 Å². The number of benzene rings is 2. The van der Waals surface area contributed by atoms with Crippen LogP contribution in [0.5, 0.6) is 11.5 Å². The lowest BCUT2D eigenvalue weighted by Gasteiger charge is -2.32. The summed E-state index contributed by atoms with van der Waals surface area (Å²) < 4.78 is 38.1. The van der Waals surface area contributed by atoms with Crippen LogP contribution in [0, 0.1) is 6.92 Å². The van der Waals surface area contributed by atoms with E-state index in [1.165, 1.54) is 4.31 Å². The molecule has 5 nitrogen and oxygen atoms in total. The van der Waals surface area contributed by atoms with E-state index in [0.29, 0.717) is 11.5 Å². The standard InChI is InChI=1S/C19H21NO4S/c1-13-5-7-16(8-6-13)25(21,22)20-10-9-15-11-18(23-3)19(24-4)12-17(15)14(20)2/h5-12,14H,1-4H3/t14-/m0/s1. The van der Waals surface area contributed by atoms with Gasteiger partial charge in [0, 0.05) is 6.20 Å². The first-order chi connectivity index (χ1) is 11.9. The van der Waals surface area contributed by atoms with Gasteiger partial charge >= 0.3 is 0 Å². The van der Waals surface area contributed by atoms with Gasteiger partial charge in [0.1, 0.15) is 0 Å². The Morgan fingerprint density at radius 1 is 1.00 bits per heavy atom. The summed E-state index contributed by atoms with van der Waals surface area (Å²) >= 11 is 0. The molecule has 2 aromatic rings. The second kappa shape index (κ2) is 6.44. The van der Waals surface area contributed by atoms with E-state index in [2.05, 4.69) is 0 Å². The maximum atomic E-state index is 13.0. The molecule has 0 spiro atoms. The number of hydrogen-bond acceptors (Lipinski definition) is 4. The first-order valence-corrected chi connectivity index (χ1v) is 9.37. The molecule has 0 amide bonds. The maximum absolute atomic E-state index is 13.0. The average molecular weight is 359 g/mol. The minimum atomic E-state index is -3.63. The van der Waals surface area contributed by atoms with Crippen LogP contribution in [0.15, 0.2) is 47.5 Å². The second-order valence-electron chi connectivity index (χ2n) is 5.98. The molecular formula is C19H21NO4S. The van der Waals surface area contributed by atoms with Gasteiger partial charge in [-0.05, 0) is 55.3 Å². The quantitative estimate of drug-likeness (QED) is 0.834. The summed E-state index contributed by atoms with van der Waals surface area (Å²) in [6.45, 7) is 3.79. The molecule has 0 N–H and O–H groups in total. The zero-order valence-electron chi connectivity index (χ0n) is 14.7. The summed E-state index contributed by atoms with van der Waals surface area (Å²) in [5.41, 5.74) is 2.81. The largest absolute Gasteiger partial charge is 0.493 e. The van der Waals surface area contributed by atoms with Crippen molar-refractivity contribution >= 4 is 16.1 Å². The highest BCUT2D eigenvalue weighted by Crippen LogP contribution is 2.40. The van der Waals surface area contributed by atoms with Gasteiger partial charge in [-0.2, -0.15) is 0 Å². The Labute approximate surface area is 148 Å². The molecule has 25 heavy (non-hydrogen) atoms. The molecule has 2 aromatic carbocycles. The Morgan fingerprint density at radius 2 is 1.60 bits per heavy atom. The van der Waals surface area contributed by atoms with Crippen molar-refractivity contribution in [3.8, 4) is 11.5 Å². The number of nitrogens with zero attached hydrogens (tertiary/aromatic N) is 1. The van der Waals surface area contributed by atoms with E-state index in [0.717, 1.165) is 16.7 Å². The normalized spacial score (nSPS) is 16.5. The molecular weight excluding hydrogens is 338 g/mol. The summed E-state index contributed by atoms with van der Waals surface area (Å²) in [7, 11) is -0.490. The lowest BCUT2D eigenvalue weighted by Crippen LogP contribution is -2.31. The van der Waals surface area contributed by atoms with E-state index in [-0.39, 0.29) is 10.9 Å². The number of sulfonamides is 1. The summed E-state index contributed by atoms with van der Waals surface area (Å²) in [5, 5.41) is 0. The number of ether oxygens (including phenoxy) is 2. The number of aryl methyl sites for hydroxylation is 1. The van der Waals surface area contributed by atoms with Crippen molar-refractivity contribution in [2.75, 3.05) is 14.2 Å². The van der Waals surface area contributed by atoms with E-state index in [9.17, 15) is 8.42 Å². The molecule has 0 saturated heterocycles. The third-order valence-electron chi connectivity index (χ3n) is 4.42. The third kappa shape index (κ3) is 2.98. The number of fused-ring (bicyclic) bond motifs is 1. The predicted molar refractivity (Wildman–Crippen MR) is 97.2 cm³/mol. The number of hydrogen-bond donors (Lipinski definition) is 0. The van der Waals surface area contributed by atoms with Crippen LogP contribution in [-0.2, 0) is 10.0 Å². The van der Waals surface area contributed by atoms with Crippen molar-refractivity contribution in [3.63, 3.8) is 0 Å². The Bertz CT molecular complexity index is 917. The average Bonchev–Trinajstić information content (AvgIpc) is 2.61. The maximum Gasteiger partial charge on any atom is 0.264 e. The van der Waals surface area contributed by atoms with E-state index in [1.807, 2.05) is 26.0 Å². The zero-order valence-corrected chi connectivity index (χ0v) is 15.5. The highest BCUT2D eigenvalue weighted by atomic mass is 32.2. The van der Waals surface area contributed by atoms with Gasteiger partial charge in [-0.25, -0.2) is 8.42 Å². The van der Waals surface area contributed by atoms with Crippen molar-refractivity contribution in [3.05, 3.63) is 59.3 Å². The van der Waals surface area contributed by atoms with Gasteiger partial charge in [-0.15, -0.1) is 0 Å². The minimum Gasteiger partial charge on any atom is -0.493 e. The minimum absolute atomic E-state index is 0.276. The van der Waals surface area contributed by atoms with E-state index >= 15 is 0 Å². The Kier molecular flexibility index (Phi) is 4.47. The van der Waals surface area contributed by atoms with Crippen molar-refractivity contribution < 1.29 is 17.9 Å². The summed E-state index contributed by atoms with van der Waals surface area (Å²) in [6.07, 6.45) is 3.39. The van der Waals surface area contributed by atoms with Crippen LogP contribution in [0.4, 0.5) is 0 Å². The fourth-order valence-electron chi connectivity index (χ4n) is 2.96. The molecule has 3 rings (SSSR count). The van der Waals surface area contributed by atoms with E-state index in [4.69, 9.17) is 9.47 Å². The Balaban J connectivity index is 2.05. The first kappa shape index (κ1) is 17.4. The van der Waals surface area contributed by atoms with Crippen LogP contribution in [0.3, 0.4) is 0 Å². The molecule has 6 heteroatoms. The van der Waals surface area contributed by atoms with Gasteiger partial charge in [0.15, 0.2) is 11.5 Å². The number of rotatable bonds is 4. The van der Waals surface area contributed by atoms with Gasteiger partial charge in [0.05, 0.1) is 25.2 Å². The summed E-state index contributed by atoms with van der Waals surface area (Å²) in [4.78, 5) is 0.276. The highest BCUT2D eigenvalue weighted by Gasteiger charge is 2.31. The SMILES string of the molecule is COc1cc2c(cc1OC)[C@H](C)N(S(=O)(=O)c1ccc(C)cc1)C=C2. The first-order valence-electron chi connectivity index (χ1n) is 7.93. The van der Waals surface area contributed by atoms with Crippen molar-refractivity contribution in [2.45, 2.75) is 24.8 Å². The molecule has 0 radical (unpaired) electrons. The van der Waals surface area contributed by atoms with Crippen LogP contribution >= 0.6 is 0 Å². The molecule has 0 saturated carbocycles. The monoisotopic (exact) mass is 359 g/mol. The topological polar surface area (TPSA) is 55.8 Å². The van der Waals surface area contributed by atoms with Gasteiger partial charge in [-0.1, -0.05) is 17.7 Å². The lowest BCUT2D eigenvalue weighted by molar-refractivity contribution is 0.352. The molecule has 132 valence electrons. The fraction of sp³-hybridized carbons (Fsp3) is 0.263.